The highest BCUT2D eigenvalue weighted by molar-refractivity contribution is 7.99. The summed E-state index contributed by atoms with van der Waals surface area (Å²) in [7, 11) is 0. The molecule has 3 amide bonds. The molecule has 0 bridgehead atoms. The van der Waals surface area contributed by atoms with Gasteiger partial charge in [-0.1, -0.05) is 24.6 Å². The number of rotatable bonds is 4. The molecule has 0 aromatic carbocycles. The third kappa shape index (κ3) is 4.69. The van der Waals surface area contributed by atoms with Crippen LogP contribution in [0.4, 0.5) is 4.79 Å². The average molecular weight is 296 g/mol. The Hall–Kier alpha value is -1.83. The highest BCUT2D eigenvalue weighted by atomic mass is 32.2. The second kappa shape index (κ2) is 7.09. The van der Waals surface area contributed by atoms with E-state index in [0.29, 0.717) is 5.16 Å². The molecule has 1 aromatic heterocycles. The Morgan fingerprint density at radius 3 is 2.85 bits per heavy atom. The van der Waals surface area contributed by atoms with Crippen molar-refractivity contribution in [3.63, 3.8) is 0 Å². The van der Waals surface area contributed by atoms with E-state index in [4.69, 9.17) is 0 Å². The number of aromatic amines is 1. The summed E-state index contributed by atoms with van der Waals surface area (Å²) in [6, 6.07) is 0.999. The van der Waals surface area contributed by atoms with Crippen LogP contribution in [0.5, 0.6) is 0 Å². The standard InChI is InChI=1S/C12H16N4O3S/c17-9-5-6-13-12(16-9)20-7-10(18)15-11(19)14-8-3-1-2-4-8/h5-6,8H,1-4,7H2,(H,13,16,17)(H2,14,15,18,19). The molecule has 1 heterocycles. The first kappa shape index (κ1) is 14.6. The zero-order chi connectivity index (χ0) is 14.4. The van der Waals surface area contributed by atoms with E-state index in [1.807, 2.05) is 0 Å². The fraction of sp³-hybridized carbons (Fsp3) is 0.500. The summed E-state index contributed by atoms with van der Waals surface area (Å²) in [4.78, 5) is 40.5. The first-order valence-electron chi connectivity index (χ1n) is 6.42. The predicted molar refractivity (Wildman–Crippen MR) is 74.5 cm³/mol. The first-order valence-corrected chi connectivity index (χ1v) is 7.40. The first-order chi connectivity index (χ1) is 9.63. The fourth-order valence-electron chi connectivity index (χ4n) is 2.01. The van der Waals surface area contributed by atoms with Crippen molar-refractivity contribution >= 4 is 23.7 Å². The van der Waals surface area contributed by atoms with Crippen LogP contribution in [0.15, 0.2) is 22.2 Å². The molecule has 0 atom stereocenters. The van der Waals surface area contributed by atoms with Crippen LogP contribution in [0.3, 0.4) is 0 Å². The van der Waals surface area contributed by atoms with Crippen LogP contribution < -0.4 is 16.2 Å². The number of nitrogens with one attached hydrogen (secondary N) is 3. The number of hydrogen-bond donors (Lipinski definition) is 3. The van der Waals surface area contributed by atoms with E-state index < -0.39 is 11.9 Å². The van der Waals surface area contributed by atoms with Crippen LogP contribution in [0.1, 0.15) is 25.7 Å². The summed E-state index contributed by atoms with van der Waals surface area (Å²) in [5, 5.41) is 5.38. The van der Waals surface area contributed by atoms with Crippen molar-refractivity contribution < 1.29 is 9.59 Å². The van der Waals surface area contributed by atoms with E-state index >= 15 is 0 Å². The maximum atomic E-state index is 11.6. The number of aromatic nitrogens is 2. The monoisotopic (exact) mass is 296 g/mol. The normalized spacial score (nSPS) is 15.0. The topological polar surface area (TPSA) is 104 Å². The van der Waals surface area contributed by atoms with Gasteiger partial charge in [0.2, 0.25) is 5.91 Å². The van der Waals surface area contributed by atoms with Crippen molar-refractivity contribution in [2.24, 2.45) is 0 Å². The van der Waals surface area contributed by atoms with Gasteiger partial charge >= 0.3 is 6.03 Å². The van der Waals surface area contributed by atoms with Gasteiger partial charge in [0.15, 0.2) is 5.16 Å². The van der Waals surface area contributed by atoms with Crippen molar-refractivity contribution in [2.45, 2.75) is 36.9 Å². The fourth-order valence-corrected chi connectivity index (χ4v) is 2.66. The number of nitrogens with zero attached hydrogens (tertiary/aromatic N) is 1. The maximum Gasteiger partial charge on any atom is 0.321 e. The molecule has 8 heteroatoms. The van der Waals surface area contributed by atoms with Crippen LogP contribution in [-0.4, -0.2) is 33.7 Å². The minimum atomic E-state index is -0.461. The van der Waals surface area contributed by atoms with E-state index in [1.54, 1.807) is 0 Å². The zero-order valence-corrected chi connectivity index (χ0v) is 11.7. The maximum absolute atomic E-state index is 11.6. The van der Waals surface area contributed by atoms with E-state index in [9.17, 15) is 14.4 Å². The van der Waals surface area contributed by atoms with Crippen molar-refractivity contribution in [1.82, 2.24) is 20.6 Å². The van der Waals surface area contributed by atoms with Crippen LogP contribution in [0.2, 0.25) is 0 Å². The van der Waals surface area contributed by atoms with Gasteiger partial charge in [-0.25, -0.2) is 9.78 Å². The molecule has 1 aliphatic rings. The lowest BCUT2D eigenvalue weighted by atomic mass is 10.2. The van der Waals surface area contributed by atoms with Crippen LogP contribution in [-0.2, 0) is 4.79 Å². The molecule has 0 unspecified atom stereocenters. The van der Waals surface area contributed by atoms with Gasteiger partial charge in [-0.15, -0.1) is 0 Å². The van der Waals surface area contributed by atoms with Crippen LogP contribution in [0, 0.1) is 0 Å². The number of carbonyl (C=O) groups excluding carboxylic acids is 2. The molecule has 1 fully saturated rings. The second-order valence-corrected chi connectivity index (χ2v) is 5.49. The summed E-state index contributed by atoms with van der Waals surface area (Å²) in [6.07, 6.45) is 5.52. The molecule has 0 radical (unpaired) electrons. The van der Waals surface area contributed by atoms with Crippen molar-refractivity contribution in [3.8, 4) is 0 Å². The Bertz CT molecular complexity index is 540. The van der Waals surface area contributed by atoms with Crippen LogP contribution in [0.25, 0.3) is 0 Å². The van der Waals surface area contributed by atoms with Gasteiger partial charge in [0.1, 0.15) is 0 Å². The van der Waals surface area contributed by atoms with E-state index in [2.05, 4.69) is 20.6 Å². The summed E-state index contributed by atoms with van der Waals surface area (Å²) < 4.78 is 0. The third-order valence-electron chi connectivity index (χ3n) is 2.93. The quantitative estimate of drug-likeness (QED) is 0.558. The summed E-state index contributed by atoms with van der Waals surface area (Å²) in [5.41, 5.74) is -0.276. The molecule has 7 nitrogen and oxygen atoms in total. The number of thioether (sulfide) groups is 1. The van der Waals surface area contributed by atoms with Crippen molar-refractivity contribution in [2.75, 3.05) is 5.75 Å². The lowest BCUT2D eigenvalue weighted by molar-refractivity contribution is -0.117. The molecule has 1 saturated carbocycles. The molecule has 108 valence electrons. The Morgan fingerprint density at radius 2 is 2.15 bits per heavy atom. The minimum Gasteiger partial charge on any atom is -0.335 e. The van der Waals surface area contributed by atoms with Gasteiger partial charge in [-0.3, -0.25) is 14.9 Å². The van der Waals surface area contributed by atoms with Gasteiger partial charge in [-0.05, 0) is 12.8 Å². The van der Waals surface area contributed by atoms with E-state index in [1.165, 1.54) is 12.3 Å². The average Bonchev–Trinajstić information content (AvgIpc) is 2.89. The lowest BCUT2D eigenvalue weighted by Gasteiger charge is -2.11. The Kier molecular flexibility index (Phi) is 5.16. The van der Waals surface area contributed by atoms with Crippen molar-refractivity contribution in [1.29, 1.82) is 0 Å². The van der Waals surface area contributed by atoms with Gasteiger partial charge in [-0.2, -0.15) is 0 Å². The molecule has 0 spiro atoms. The molecule has 2 rings (SSSR count). The van der Waals surface area contributed by atoms with E-state index in [0.717, 1.165) is 37.4 Å². The molecule has 0 aliphatic heterocycles. The SMILES string of the molecule is O=C(CSc1nccc(=O)[nH]1)NC(=O)NC1CCCC1. The third-order valence-corrected chi connectivity index (χ3v) is 3.82. The molecule has 0 saturated heterocycles. The van der Waals surface area contributed by atoms with Gasteiger partial charge in [0.05, 0.1) is 5.75 Å². The zero-order valence-electron chi connectivity index (χ0n) is 10.8. The largest absolute Gasteiger partial charge is 0.335 e. The van der Waals surface area contributed by atoms with Gasteiger partial charge < -0.3 is 10.3 Å². The molecule has 1 aliphatic carbocycles. The molecule has 3 N–H and O–H groups in total. The summed E-state index contributed by atoms with van der Waals surface area (Å²) in [5.74, 6) is -0.401. The van der Waals surface area contributed by atoms with E-state index in [-0.39, 0.29) is 17.4 Å². The molecular weight excluding hydrogens is 280 g/mol. The Labute approximate surface area is 119 Å². The lowest BCUT2D eigenvalue weighted by Crippen LogP contribution is -2.44. The molecule has 1 aromatic rings. The number of amides is 3. The van der Waals surface area contributed by atoms with Crippen molar-refractivity contribution in [3.05, 3.63) is 22.6 Å². The summed E-state index contributed by atoms with van der Waals surface area (Å²) in [6.45, 7) is 0. The number of carbonyl (C=O) groups is 2. The number of urea groups is 1. The Morgan fingerprint density at radius 1 is 1.40 bits per heavy atom. The smallest absolute Gasteiger partial charge is 0.321 e. The Balaban J connectivity index is 1.72. The second-order valence-electron chi connectivity index (χ2n) is 4.53. The van der Waals surface area contributed by atoms with Crippen LogP contribution >= 0.6 is 11.8 Å². The van der Waals surface area contributed by atoms with Gasteiger partial charge in [0, 0.05) is 18.3 Å². The number of imide groups is 1. The molecule has 20 heavy (non-hydrogen) atoms. The minimum absolute atomic E-state index is 0.0189. The number of hydrogen-bond acceptors (Lipinski definition) is 5. The molecular formula is C12H16N4O3S. The predicted octanol–water partition coefficient (Wildman–Crippen LogP) is 0.630. The summed E-state index contributed by atoms with van der Waals surface area (Å²) >= 11 is 1.07. The van der Waals surface area contributed by atoms with Gasteiger partial charge in [0.25, 0.3) is 5.56 Å². The number of H-pyrrole nitrogens is 1. The highest BCUT2D eigenvalue weighted by Gasteiger charge is 2.18. The highest BCUT2D eigenvalue weighted by Crippen LogP contribution is 2.17.